The molecule has 31 heavy (non-hydrogen) atoms. The molecule has 6 nitrogen and oxygen atoms in total. The highest BCUT2D eigenvalue weighted by Crippen LogP contribution is 2.34. The Hall–Kier alpha value is -3.98. The number of carbonyl (C=O) groups is 2. The van der Waals surface area contributed by atoms with Crippen molar-refractivity contribution >= 4 is 17.6 Å². The van der Waals surface area contributed by atoms with E-state index in [9.17, 15) is 9.59 Å². The van der Waals surface area contributed by atoms with E-state index >= 15 is 0 Å². The molecule has 154 valence electrons. The van der Waals surface area contributed by atoms with E-state index in [0.29, 0.717) is 17.8 Å². The van der Waals surface area contributed by atoms with Crippen LogP contribution in [0, 0.1) is 18.3 Å². The number of nitriles is 1. The van der Waals surface area contributed by atoms with Gasteiger partial charge in [-0.05, 0) is 73.4 Å². The smallest absolute Gasteiger partial charge is 0.305 e. The fourth-order valence-corrected chi connectivity index (χ4v) is 3.77. The molecular weight excluding hydrogens is 388 g/mol. The van der Waals surface area contributed by atoms with E-state index in [1.807, 2.05) is 36.4 Å². The molecule has 1 aliphatic heterocycles. The molecule has 2 heterocycles. The zero-order valence-corrected chi connectivity index (χ0v) is 17.7. The Kier molecular flexibility index (Phi) is 5.04. The van der Waals surface area contributed by atoms with Gasteiger partial charge in [-0.15, -0.1) is 0 Å². The van der Waals surface area contributed by atoms with Crippen LogP contribution < -0.4 is 4.90 Å². The van der Waals surface area contributed by atoms with Crippen molar-refractivity contribution in [3.63, 3.8) is 0 Å². The SMILES string of the molecule is Cc1cc(N2C(=O)N(Cc3ccc(-c4ccncc4)cc3)C(C)(C)C2=O)ccc1C#N. The number of hydrogen-bond acceptors (Lipinski definition) is 4. The Morgan fingerprint density at radius 3 is 2.23 bits per heavy atom. The number of hydrogen-bond donors (Lipinski definition) is 0. The molecule has 1 aliphatic rings. The molecule has 0 aliphatic carbocycles. The summed E-state index contributed by atoms with van der Waals surface area (Å²) in [5.41, 5.74) is 3.81. The Balaban J connectivity index is 1.60. The van der Waals surface area contributed by atoms with Crippen LogP contribution in [-0.2, 0) is 11.3 Å². The molecule has 0 saturated carbocycles. The average molecular weight is 410 g/mol. The number of nitrogens with zero attached hydrogens (tertiary/aromatic N) is 4. The number of benzene rings is 2. The van der Waals surface area contributed by atoms with Crippen molar-refractivity contribution in [2.24, 2.45) is 0 Å². The molecule has 0 N–H and O–H groups in total. The highest BCUT2D eigenvalue weighted by molar-refractivity contribution is 6.23. The molecule has 1 fully saturated rings. The number of aryl methyl sites for hydroxylation is 1. The second-order valence-corrected chi connectivity index (χ2v) is 8.11. The third-order valence-electron chi connectivity index (χ3n) is 5.72. The average Bonchev–Trinajstić information content (AvgIpc) is 2.94. The Labute approximate surface area is 181 Å². The summed E-state index contributed by atoms with van der Waals surface area (Å²) in [5, 5.41) is 9.15. The minimum atomic E-state index is -0.983. The summed E-state index contributed by atoms with van der Waals surface area (Å²) < 4.78 is 0. The minimum Gasteiger partial charge on any atom is -0.305 e. The number of pyridine rings is 1. The van der Waals surface area contributed by atoms with Gasteiger partial charge >= 0.3 is 6.03 Å². The maximum atomic E-state index is 13.2. The lowest BCUT2D eigenvalue weighted by atomic mass is 10.0. The summed E-state index contributed by atoms with van der Waals surface area (Å²) in [6.45, 7) is 5.63. The lowest BCUT2D eigenvalue weighted by Crippen LogP contribution is -2.43. The van der Waals surface area contributed by atoms with Gasteiger partial charge in [-0.3, -0.25) is 9.78 Å². The van der Waals surface area contributed by atoms with E-state index in [2.05, 4.69) is 11.1 Å². The molecule has 2 aromatic carbocycles. The van der Waals surface area contributed by atoms with Gasteiger partial charge < -0.3 is 4.90 Å². The normalized spacial score (nSPS) is 15.3. The maximum absolute atomic E-state index is 13.2. The number of rotatable bonds is 4. The predicted octanol–water partition coefficient (Wildman–Crippen LogP) is 4.68. The van der Waals surface area contributed by atoms with Gasteiger partial charge in [0.05, 0.1) is 17.3 Å². The van der Waals surface area contributed by atoms with E-state index in [0.717, 1.165) is 22.3 Å². The highest BCUT2D eigenvalue weighted by Gasteiger charge is 2.51. The van der Waals surface area contributed by atoms with Gasteiger partial charge in [0, 0.05) is 18.9 Å². The van der Waals surface area contributed by atoms with Gasteiger partial charge in [0.2, 0.25) is 0 Å². The van der Waals surface area contributed by atoms with Crippen molar-refractivity contribution in [3.8, 4) is 17.2 Å². The van der Waals surface area contributed by atoms with E-state index in [4.69, 9.17) is 5.26 Å². The first-order valence-electron chi connectivity index (χ1n) is 9.99. The number of amides is 3. The molecule has 0 bridgehead atoms. The van der Waals surface area contributed by atoms with E-state index < -0.39 is 5.54 Å². The third-order valence-corrected chi connectivity index (χ3v) is 5.72. The van der Waals surface area contributed by atoms with Crippen molar-refractivity contribution in [1.82, 2.24) is 9.88 Å². The van der Waals surface area contributed by atoms with Gasteiger partial charge in [-0.25, -0.2) is 9.69 Å². The molecule has 1 aromatic heterocycles. The van der Waals surface area contributed by atoms with Crippen molar-refractivity contribution in [3.05, 3.63) is 83.7 Å². The number of carbonyl (C=O) groups excluding carboxylic acids is 2. The molecule has 3 amide bonds. The second kappa shape index (κ2) is 7.69. The molecule has 3 aromatic rings. The first-order chi connectivity index (χ1) is 14.8. The van der Waals surface area contributed by atoms with Gasteiger partial charge in [-0.2, -0.15) is 5.26 Å². The summed E-state index contributed by atoms with van der Waals surface area (Å²) in [6.07, 6.45) is 3.50. The molecule has 4 rings (SSSR count). The largest absolute Gasteiger partial charge is 0.332 e. The van der Waals surface area contributed by atoms with E-state index in [1.165, 1.54) is 4.90 Å². The summed E-state index contributed by atoms with van der Waals surface area (Å²) in [5.74, 6) is -0.282. The number of urea groups is 1. The van der Waals surface area contributed by atoms with Crippen LogP contribution in [0.1, 0.15) is 30.5 Å². The summed E-state index contributed by atoms with van der Waals surface area (Å²) in [7, 11) is 0. The Morgan fingerprint density at radius 1 is 0.968 bits per heavy atom. The van der Waals surface area contributed by atoms with Crippen LogP contribution in [0.15, 0.2) is 67.0 Å². The molecular formula is C25H22N4O2. The van der Waals surface area contributed by atoms with Crippen LogP contribution in [0.5, 0.6) is 0 Å². The Morgan fingerprint density at radius 2 is 1.61 bits per heavy atom. The van der Waals surface area contributed by atoms with Gasteiger partial charge in [0.15, 0.2) is 0 Å². The van der Waals surface area contributed by atoms with E-state index in [-0.39, 0.29) is 11.9 Å². The summed E-state index contributed by atoms with van der Waals surface area (Å²) in [4.78, 5) is 33.2. The summed E-state index contributed by atoms with van der Waals surface area (Å²) >= 11 is 0. The fourth-order valence-electron chi connectivity index (χ4n) is 3.77. The quantitative estimate of drug-likeness (QED) is 0.585. The maximum Gasteiger partial charge on any atom is 0.332 e. The minimum absolute atomic E-state index is 0.282. The van der Waals surface area contributed by atoms with Gasteiger partial charge in [-0.1, -0.05) is 24.3 Å². The standard InChI is InChI=1S/C25H22N4O2/c1-17-14-22(9-8-21(17)15-26)29-23(30)25(2,3)28(24(29)31)16-18-4-6-19(7-5-18)20-10-12-27-13-11-20/h4-14H,16H2,1-3H3. The van der Waals surface area contributed by atoms with E-state index in [1.54, 1.807) is 56.3 Å². The van der Waals surface area contributed by atoms with Gasteiger partial charge in [0.1, 0.15) is 5.54 Å². The number of imide groups is 1. The zero-order valence-electron chi connectivity index (χ0n) is 17.7. The van der Waals surface area contributed by atoms with Gasteiger partial charge in [0.25, 0.3) is 5.91 Å². The fraction of sp³-hybridized carbons (Fsp3) is 0.200. The second-order valence-electron chi connectivity index (χ2n) is 8.11. The van der Waals surface area contributed by atoms with Crippen LogP contribution in [-0.4, -0.2) is 27.4 Å². The number of aromatic nitrogens is 1. The number of anilines is 1. The zero-order chi connectivity index (χ0) is 22.2. The van der Waals surface area contributed by atoms with Crippen molar-refractivity contribution in [2.45, 2.75) is 32.9 Å². The van der Waals surface area contributed by atoms with Crippen LogP contribution in [0.2, 0.25) is 0 Å². The molecule has 0 unspecified atom stereocenters. The van der Waals surface area contributed by atoms with Crippen LogP contribution >= 0.6 is 0 Å². The van der Waals surface area contributed by atoms with Crippen molar-refractivity contribution in [2.75, 3.05) is 4.90 Å². The summed E-state index contributed by atoms with van der Waals surface area (Å²) in [6, 6.07) is 18.6. The topological polar surface area (TPSA) is 77.3 Å². The lowest BCUT2D eigenvalue weighted by molar-refractivity contribution is -0.123. The molecule has 6 heteroatoms. The molecule has 0 radical (unpaired) electrons. The predicted molar refractivity (Wildman–Crippen MR) is 118 cm³/mol. The molecule has 0 atom stereocenters. The Bertz CT molecular complexity index is 1190. The highest BCUT2D eigenvalue weighted by atomic mass is 16.2. The monoisotopic (exact) mass is 410 g/mol. The molecule has 0 spiro atoms. The first-order valence-corrected chi connectivity index (χ1v) is 9.99. The lowest BCUT2D eigenvalue weighted by Gasteiger charge is -2.27. The van der Waals surface area contributed by atoms with Crippen LogP contribution in [0.3, 0.4) is 0 Å². The molecule has 1 saturated heterocycles. The van der Waals surface area contributed by atoms with Crippen LogP contribution in [0.4, 0.5) is 10.5 Å². The van der Waals surface area contributed by atoms with Crippen LogP contribution in [0.25, 0.3) is 11.1 Å². The first kappa shape index (κ1) is 20.3. The third kappa shape index (κ3) is 3.55. The van der Waals surface area contributed by atoms with Crippen molar-refractivity contribution < 1.29 is 9.59 Å². The van der Waals surface area contributed by atoms with Crippen molar-refractivity contribution in [1.29, 1.82) is 5.26 Å².